The van der Waals surface area contributed by atoms with Crippen molar-refractivity contribution in [2.45, 2.75) is 78.1 Å². The number of likely N-dealkylation sites (tertiary alicyclic amines) is 1. The molecule has 0 spiro atoms. The number of aliphatic hydroxyl groups is 1. The van der Waals surface area contributed by atoms with E-state index in [4.69, 9.17) is 5.73 Å². The van der Waals surface area contributed by atoms with Crippen LogP contribution in [-0.4, -0.2) is 41.2 Å². The van der Waals surface area contributed by atoms with Gasteiger partial charge in [-0.2, -0.15) is 0 Å². The van der Waals surface area contributed by atoms with Gasteiger partial charge in [-0.3, -0.25) is 4.90 Å². The van der Waals surface area contributed by atoms with Gasteiger partial charge in [0.25, 0.3) is 0 Å². The third-order valence-electron chi connectivity index (χ3n) is 5.30. The topological polar surface area (TPSA) is 73.9 Å². The van der Waals surface area contributed by atoms with E-state index >= 15 is 0 Å². The highest BCUT2D eigenvalue weighted by molar-refractivity contribution is 5.78. The molecule has 1 saturated heterocycles. The molecule has 0 aromatic heterocycles. The van der Waals surface area contributed by atoms with Crippen molar-refractivity contribution in [1.82, 2.24) is 10.2 Å². The van der Waals surface area contributed by atoms with Gasteiger partial charge in [0.15, 0.2) is 5.96 Å². The Labute approximate surface area is 165 Å². The van der Waals surface area contributed by atoms with E-state index in [2.05, 4.69) is 60.2 Å². The van der Waals surface area contributed by atoms with Crippen molar-refractivity contribution in [3.05, 3.63) is 35.4 Å². The number of hydrogen-bond acceptors (Lipinski definition) is 3. The van der Waals surface area contributed by atoms with Crippen LogP contribution in [0.3, 0.4) is 0 Å². The van der Waals surface area contributed by atoms with Crippen LogP contribution in [0.1, 0.15) is 64.0 Å². The number of nitrogens with two attached hydrogens (primary N) is 1. The van der Waals surface area contributed by atoms with Crippen LogP contribution in [0.15, 0.2) is 29.3 Å². The highest BCUT2D eigenvalue weighted by Crippen LogP contribution is 2.17. The summed E-state index contributed by atoms with van der Waals surface area (Å²) in [5.74, 6) is 1.28. The summed E-state index contributed by atoms with van der Waals surface area (Å²) in [5.41, 5.74) is 8.63. The quantitative estimate of drug-likeness (QED) is 0.458. The van der Waals surface area contributed by atoms with Crippen LogP contribution < -0.4 is 11.1 Å². The molecule has 1 aromatic rings. The molecule has 27 heavy (non-hydrogen) atoms. The molecule has 5 heteroatoms. The maximum absolute atomic E-state index is 9.68. The van der Waals surface area contributed by atoms with Gasteiger partial charge in [-0.15, -0.1) is 0 Å². The number of aliphatic hydroxyl groups excluding tert-OH is 1. The van der Waals surface area contributed by atoms with E-state index in [1.54, 1.807) is 0 Å². The Morgan fingerprint density at radius 2 is 1.85 bits per heavy atom. The summed E-state index contributed by atoms with van der Waals surface area (Å²) in [6, 6.07) is 8.81. The first-order valence-electron chi connectivity index (χ1n) is 10.5. The van der Waals surface area contributed by atoms with E-state index < -0.39 is 0 Å². The number of piperidine rings is 1. The third kappa shape index (κ3) is 8.31. The third-order valence-corrected chi connectivity index (χ3v) is 5.30. The van der Waals surface area contributed by atoms with E-state index in [1.807, 2.05) is 0 Å². The summed E-state index contributed by atoms with van der Waals surface area (Å²) in [5, 5.41) is 13.0. The van der Waals surface area contributed by atoms with Gasteiger partial charge in [-0.25, -0.2) is 4.99 Å². The zero-order valence-corrected chi connectivity index (χ0v) is 17.3. The zero-order valence-electron chi connectivity index (χ0n) is 17.3. The first-order valence-corrected chi connectivity index (χ1v) is 10.5. The minimum Gasteiger partial charge on any atom is -0.393 e. The molecule has 1 aliphatic rings. The van der Waals surface area contributed by atoms with Crippen molar-refractivity contribution in [2.24, 2.45) is 16.6 Å². The molecular formula is C22H38N4O. The average molecular weight is 375 g/mol. The minimum absolute atomic E-state index is 0.130. The molecule has 5 nitrogen and oxygen atoms in total. The maximum Gasteiger partial charge on any atom is 0.189 e. The van der Waals surface area contributed by atoms with Gasteiger partial charge < -0.3 is 16.2 Å². The van der Waals surface area contributed by atoms with Gasteiger partial charge in [-0.1, -0.05) is 51.0 Å². The fourth-order valence-electron chi connectivity index (χ4n) is 3.56. The van der Waals surface area contributed by atoms with Crippen LogP contribution in [0.4, 0.5) is 0 Å². The lowest BCUT2D eigenvalue weighted by Gasteiger charge is -2.30. The second-order valence-corrected chi connectivity index (χ2v) is 8.35. The van der Waals surface area contributed by atoms with Crippen molar-refractivity contribution in [2.75, 3.05) is 13.1 Å². The molecule has 1 aromatic carbocycles. The molecule has 0 radical (unpaired) electrons. The van der Waals surface area contributed by atoms with E-state index in [0.29, 0.717) is 18.5 Å². The number of rotatable bonds is 9. The molecule has 2 rings (SSSR count). The predicted octanol–water partition coefficient (Wildman–Crippen LogP) is 3.26. The Morgan fingerprint density at radius 3 is 2.52 bits per heavy atom. The fourth-order valence-corrected chi connectivity index (χ4v) is 3.56. The SMILES string of the molecule is CC(C)CCCC(C)NC(N)=NCc1ccccc1CN1CCC(O)CC1. The molecule has 0 aliphatic carbocycles. The Morgan fingerprint density at radius 1 is 1.19 bits per heavy atom. The lowest BCUT2D eigenvalue weighted by Crippen LogP contribution is -2.38. The molecule has 1 fully saturated rings. The highest BCUT2D eigenvalue weighted by atomic mass is 16.3. The molecule has 4 N–H and O–H groups in total. The molecule has 0 amide bonds. The molecule has 1 heterocycles. The van der Waals surface area contributed by atoms with Crippen LogP contribution in [0.2, 0.25) is 0 Å². The molecule has 0 bridgehead atoms. The Balaban J connectivity index is 1.84. The van der Waals surface area contributed by atoms with E-state index in [1.165, 1.54) is 24.0 Å². The van der Waals surface area contributed by atoms with Gasteiger partial charge in [-0.05, 0) is 43.2 Å². The Hall–Kier alpha value is -1.59. The number of nitrogens with one attached hydrogen (secondary N) is 1. The van der Waals surface area contributed by atoms with Crippen LogP contribution in [0, 0.1) is 5.92 Å². The highest BCUT2D eigenvalue weighted by Gasteiger charge is 2.17. The number of benzene rings is 1. The number of aliphatic imine (C=N–C) groups is 1. The second kappa shape index (κ2) is 11.3. The van der Waals surface area contributed by atoms with Gasteiger partial charge in [0.1, 0.15) is 0 Å². The molecule has 1 aliphatic heterocycles. The zero-order chi connectivity index (χ0) is 19.6. The van der Waals surface area contributed by atoms with Crippen LogP contribution in [-0.2, 0) is 13.1 Å². The van der Waals surface area contributed by atoms with Gasteiger partial charge >= 0.3 is 0 Å². The second-order valence-electron chi connectivity index (χ2n) is 8.35. The van der Waals surface area contributed by atoms with Crippen LogP contribution >= 0.6 is 0 Å². The normalized spacial score (nSPS) is 18.0. The Kier molecular flexibility index (Phi) is 9.08. The summed E-state index contributed by atoms with van der Waals surface area (Å²) in [4.78, 5) is 6.98. The largest absolute Gasteiger partial charge is 0.393 e. The van der Waals surface area contributed by atoms with Crippen molar-refractivity contribution in [3.8, 4) is 0 Å². The number of hydrogen-bond donors (Lipinski definition) is 3. The lowest BCUT2D eigenvalue weighted by molar-refractivity contribution is 0.0791. The fraction of sp³-hybridized carbons (Fsp3) is 0.682. The first-order chi connectivity index (χ1) is 12.9. The summed E-state index contributed by atoms with van der Waals surface area (Å²) in [6.45, 7) is 10.1. The summed E-state index contributed by atoms with van der Waals surface area (Å²) in [6.07, 6.45) is 5.19. The lowest BCUT2D eigenvalue weighted by atomic mass is 10.0. The van der Waals surface area contributed by atoms with Crippen molar-refractivity contribution < 1.29 is 5.11 Å². The predicted molar refractivity (Wildman–Crippen MR) is 114 cm³/mol. The van der Waals surface area contributed by atoms with Crippen molar-refractivity contribution in [1.29, 1.82) is 0 Å². The molecular weight excluding hydrogens is 336 g/mol. The van der Waals surface area contributed by atoms with Gasteiger partial charge in [0.05, 0.1) is 12.6 Å². The number of guanidine groups is 1. The van der Waals surface area contributed by atoms with Crippen molar-refractivity contribution in [3.63, 3.8) is 0 Å². The van der Waals surface area contributed by atoms with Gasteiger partial charge in [0, 0.05) is 25.7 Å². The summed E-state index contributed by atoms with van der Waals surface area (Å²) in [7, 11) is 0. The Bertz CT molecular complexity index is 579. The summed E-state index contributed by atoms with van der Waals surface area (Å²) >= 11 is 0. The van der Waals surface area contributed by atoms with Crippen LogP contribution in [0.25, 0.3) is 0 Å². The van der Waals surface area contributed by atoms with Crippen LogP contribution in [0.5, 0.6) is 0 Å². The maximum atomic E-state index is 9.68. The van der Waals surface area contributed by atoms with Gasteiger partial charge in [0.2, 0.25) is 0 Å². The number of nitrogens with zero attached hydrogens (tertiary/aromatic N) is 2. The molecule has 1 unspecified atom stereocenters. The molecule has 152 valence electrons. The average Bonchev–Trinajstić information content (AvgIpc) is 2.62. The van der Waals surface area contributed by atoms with Crippen molar-refractivity contribution >= 4 is 5.96 Å². The smallest absolute Gasteiger partial charge is 0.189 e. The summed E-state index contributed by atoms with van der Waals surface area (Å²) < 4.78 is 0. The molecule has 0 saturated carbocycles. The first kappa shape index (κ1) is 21.7. The monoisotopic (exact) mass is 374 g/mol. The van der Waals surface area contributed by atoms with E-state index in [0.717, 1.165) is 44.8 Å². The standard InChI is InChI=1S/C22H38N4O/c1-17(2)7-6-8-18(3)25-22(23)24-15-19-9-4-5-10-20(19)16-26-13-11-21(27)12-14-26/h4-5,9-10,17-18,21,27H,6-8,11-16H2,1-3H3,(H3,23,24,25). The van der Waals surface area contributed by atoms with E-state index in [-0.39, 0.29) is 6.10 Å². The molecule has 1 atom stereocenters. The minimum atomic E-state index is -0.130. The van der Waals surface area contributed by atoms with E-state index in [9.17, 15) is 5.11 Å².